The van der Waals surface area contributed by atoms with Crippen molar-refractivity contribution in [1.29, 1.82) is 0 Å². The van der Waals surface area contributed by atoms with Crippen LogP contribution in [0.25, 0.3) is 0 Å². The number of aryl methyl sites for hydroxylation is 1. The maximum Gasteiger partial charge on any atom is 0.221 e. The summed E-state index contributed by atoms with van der Waals surface area (Å²) in [7, 11) is 0. The molecule has 0 fully saturated rings. The van der Waals surface area contributed by atoms with Gasteiger partial charge in [-0.3, -0.25) is 4.79 Å². The SMILES string of the molecule is O=C(CCCl)NCc1ccc2c(c1)CCCS2. The maximum absolute atomic E-state index is 11.3. The number of hydrogen-bond donors (Lipinski definition) is 1. The van der Waals surface area contributed by atoms with Crippen LogP contribution >= 0.6 is 23.4 Å². The Morgan fingerprint density at radius 3 is 3.18 bits per heavy atom. The Balaban J connectivity index is 1.95. The van der Waals surface area contributed by atoms with E-state index in [-0.39, 0.29) is 5.91 Å². The van der Waals surface area contributed by atoms with Gasteiger partial charge in [0.1, 0.15) is 0 Å². The number of halogens is 1. The molecular weight excluding hydrogens is 254 g/mol. The van der Waals surface area contributed by atoms with E-state index in [4.69, 9.17) is 11.6 Å². The summed E-state index contributed by atoms with van der Waals surface area (Å²) in [6.07, 6.45) is 2.80. The molecule has 1 amide bonds. The molecule has 0 saturated heterocycles. The van der Waals surface area contributed by atoms with Gasteiger partial charge in [-0.05, 0) is 35.8 Å². The van der Waals surface area contributed by atoms with Gasteiger partial charge in [0, 0.05) is 23.7 Å². The smallest absolute Gasteiger partial charge is 0.221 e. The summed E-state index contributed by atoms with van der Waals surface area (Å²) in [5, 5.41) is 2.88. The third kappa shape index (κ3) is 3.65. The van der Waals surface area contributed by atoms with Gasteiger partial charge in [0.25, 0.3) is 0 Å². The first kappa shape index (κ1) is 12.8. The predicted molar refractivity (Wildman–Crippen MR) is 72.7 cm³/mol. The standard InChI is InChI=1S/C13H16ClNOS/c14-6-5-13(16)15-9-10-3-4-12-11(8-10)2-1-7-17-12/h3-4,8H,1-2,5-7,9H2,(H,15,16). The molecule has 0 aliphatic carbocycles. The Hall–Kier alpha value is -0.670. The molecule has 2 rings (SSSR count). The van der Waals surface area contributed by atoms with E-state index in [0.717, 1.165) is 6.42 Å². The van der Waals surface area contributed by atoms with Crippen molar-refractivity contribution in [2.75, 3.05) is 11.6 Å². The fourth-order valence-corrected chi connectivity index (χ4v) is 3.09. The zero-order valence-corrected chi connectivity index (χ0v) is 11.2. The molecule has 1 N–H and O–H groups in total. The van der Waals surface area contributed by atoms with Crippen LogP contribution in [-0.2, 0) is 17.8 Å². The zero-order chi connectivity index (χ0) is 12.1. The number of thioether (sulfide) groups is 1. The highest BCUT2D eigenvalue weighted by molar-refractivity contribution is 7.99. The summed E-state index contributed by atoms with van der Waals surface area (Å²) < 4.78 is 0. The minimum atomic E-state index is 0.0205. The molecule has 92 valence electrons. The quantitative estimate of drug-likeness (QED) is 0.852. The number of benzene rings is 1. The Morgan fingerprint density at radius 2 is 2.35 bits per heavy atom. The van der Waals surface area contributed by atoms with E-state index in [0.29, 0.717) is 18.8 Å². The summed E-state index contributed by atoms with van der Waals surface area (Å²) in [6, 6.07) is 6.47. The molecule has 1 aromatic rings. The van der Waals surface area contributed by atoms with Gasteiger partial charge in [0.15, 0.2) is 0 Å². The molecule has 0 aromatic heterocycles. The molecule has 0 radical (unpaired) electrons. The van der Waals surface area contributed by atoms with Crippen molar-refractivity contribution in [3.8, 4) is 0 Å². The lowest BCUT2D eigenvalue weighted by Crippen LogP contribution is -2.22. The Kier molecular flexibility index (Phi) is 4.75. The third-order valence-electron chi connectivity index (χ3n) is 2.78. The molecule has 1 heterocycles. The van der Waals surface area contributed by atoms with E-state index >= 15 is 0 Å². The Morgan fingerprint density at radius 1 is 1.47 bits per heavy atom. The van der Waals surface area contributed by atoms with E-state index in [1.54, 1.807) is 0 Å². The van der Waals surface area contributed by atoms with Gasteiger partial charge in [0.05, 0.1) is 0 Å². The summed E-state index contributed by atoms with van der Waals surface area (Å²) in [5.74, 6) is 1.62. The lowest BCUT2D eigenvalue weighted by atomic mass is 10.1. The van der Waals surface area contributed by atoms with E-state index in [1.165, 1.54) is 28.2 Å². The van der Waals surface area contributed by atoms with E-state index in [9.17, 15) is 4.79 Å². The van der Waals surface area contributed by atoms with Gasteiger partial charge in [-0.15, -0.1) is 23.4 Å². The lowest BCUT2D eigenvalue weighted by molar-refractivity contribution is -0.120. The second-order valence-corrected chi connectivity index (χ2v) is 5.62. The normalized spacial score (nSPS) is 14.2. The first-order valence-corrected chi connectivity index (χ1v) is 7.39. The zero-order valence-electron chi connectivity index (χ0n) is 9.67. The van der Waals surface area contributed by atoms with Gasteiger partial charge in [-0.25, -0.2) is 0 Å². The number of fused-ring (bicyclic) bond motifs is 1. The number of alkyl halides is 1. The highest BCUT2D eigenvalue weighted by atomic mass is 35.5. The molecule has 4 heteroatoms. The molecule has 1 aromatic carbocycles. The molecule has 2 nitrogen and oxygen atoms in total. The Bertz CT molecular complexity index is 408. The average molecular weight is 270 g/mol. The van der Waals surface area contributed by atoms with Crippen molar-refractivity contribution in [2.24, 2.45) is 0 Å². The fourth-order valence-electron chi connectivity index (χ4n) is 1.90. The van der Waals surface area contributed by atoms with Crippen LogP contribution in [0.5, 0.6) is 0 Å². The minimum absolute atomic E-state index is 0.0205. The number of nitrogens with one attached hydrogen (secondary N) is 1. The number of carbonyl (C=O) groups excluding carboxylic acids is 1. The first-order valence-electron chi connectivity index (χ1n) is 5.87. The summed E-state index contributed by atoms with van der Waals surface area (Å²) in [5.41, 5.74) is 2.60. The van der Waals surface area contributed by atoms with Crippen molar-refractivity contribution in [2.45, 2.75) is 30.7 Å². The predicted octanol–water partition coefficient (Wildman–Crippen LogP) is 2.97. The summed E-state index contributed by atoms with van der Waals surface area (Å²) >= 11 is 7.43. The number of carbonyl (C=O) groups is 1. The van der Waals surface area contributed by atoms with Crippen LogP contribution in [0.1, 0.15) is 24.0 Å². The molecule has 0 bridgehead atoms. The fraction of sp³-hybridized carbons (Fsp3) is 0.462. The van der Waals surface area contributed by atoms with Gasteiger partial charge in [-0.1, -0.05) is 12.1 Å². The number of amides is 1. The highest BCUT2D eigenvalue weighted by Gasteiger charge is 2.10. The van der Waals surface area contributed by atoms with Crippen LogP contribution < -0.4 is 5.32 Å². The summed E-state index contributed by atoms with van der Waals surface area (Å²) in [6.45, 7) is 0.605. The molecular formula is C13H16ClNOS. The van der Waals surface area contributed by atoms with E-state index in [1.807, 2.05) is 11.8 Å². The molecule has 0 atom stereocenters. The van der Waals surface area contributed by atoms with Gasteiger partial charge in [0.2, 0.25) is 5.91 Å². The molecule has 0 unspecified atom stereocenters. The largest absolute Gasteiger partial charge is 0.352 e. The van der Waals surface area contributed by atoms with Crippen LogP contribution in [0.3, 0.4) is 0 Å². The average Bonchev–Trinajstić information content (AvgIpc) is 2.36. The minimum Gasteiger partial charge on any atom is -0.352 e. The molecule has 0 spiro atoms. The van der Waals surface area contributed by atoms with Crippen LogP contribution in [0, 0.1) is 0 Å². The van der Waals surface area contributed by atoms with Crippen LogP contribution in [0.2, 0.25) is 0 Å². The van der Waals surface area contributed by atoms with Gasteiger partial charge < -0.3 is 5.32 Å². The van der Waals surface area contributed by atoms with Crippen LogP contribution in [0.15, 0.2) is 23.1 Å². The van der Waals surface area contributed by atoms with Gasteiger partial charge in [-0.2, -0.15) is 0 Å². The van der Waals surface area contributed by atoms with E-state index in [2.05, 4.69) is 23.5 Å². The second kappa shape index (κ2) is 6.31. The topological polar surface area (TPSA) is 29.1 Å². The van der Waals surface area contributed by atoms with Crippen LogP contribution in [-0.4, -0.2) is 17.5 Å². The summed E-state index contributed by atoms with van der Waals surface area (Å²) in [4.78, 5) is 12.7. The number of rotatable bonds is 4. The van der Waals surface area contributed by atoms with Crippen LogP contribution in [0.4, 0.5) is 0 Å². The third-order valence-corrected chi connectivity index (χ3v) is 4.18. The monoisotopic (exact) mass is 269 g/mol. The first-order chi connectivity index (χ1) is 8.29. The molecule has 1 aliphatic rings. The van der Waals surface area contributed by atoms with Crippen molar-refractivity contribution in [3.63, 3.8) is 0 Å². The lowest BCUT2D eigenvalue weighted by Gasteiger charge is -2.16. The van der Waals surface area contributed by atoms with Crippen molar-refractivity contribution >= 4 is 29.3 Å². The molecule has 1 aliphatic heterocycles. The van der Waals surface area contributed by atoms with Gasteiger partial charge >= 0.3 is 0 Å². The molecule has 0 saturated carbocycles. The maximum atomic E-state index is 11.3. The second-order valence-electron chi connectivity index (χ2n) is 4.11. The number of hydrogen-bond acceptors (Lipinski definition) is 2. The Labute approximate surface area is 111 Å². The van der Waals surface area contributed by atoms with Crippen molar-refractivity contribution in [1.82, 2.24) is 5.32 Å². The molecule has 17 heavy (non-hydrogen) atoms. The van der Waals surface area contributed by atoms with E-state index < -0.39 is 0 Å². The highest BCUT2D eigenvalue weighted by Crippen LogP contribution is 2.30. The van der Waals surface area contributed by atoms with Crippen molar-refractivity contribution in [3.05, 3.63) is 29.3 Å². The van der Waals surface area contributed by atoms with Crippen molar-refractivity contribution < 1.29 is 4.79 Å².